The van der Waals surface area contributed by atoms with Crippen molar-refractivity contribution in [3.05, 3.63) is 70.8 Å². The van der Waals surface area contributed by atoms with Gasteiger partial charge >= 0.3 is 5.97 Å². The van der Waals surface area contributed by atoms with Gasteiger partial charge in [0.2, 0.25) is 5.91 Å². The molecule has 2 aromatic carbocycles. The van der Waals surface area contributed by atoms with Crippen LogP contribution < -0.4 is 5.32 Å². The van der Waals surface area contributed by atoms with E-state index < -0.39 is 29.7 Å². The first-order valence-electron chi connectivity index (χ1n) is 8.09. The van der Waals surface area contributed by atoms with Crippen LogP contribution in [0.5, 0.6) is 0 Å². The van der Waals surface area contributed by atoms with Crippen LogP contribution in [0.15, 0.2) is 48.5 Å². The third-order valence-electron chi connectivity index (χ3n) is 4.34. The highest BCUT2D eigenvalue weighted by Crippen LogP contribution is 2.31. The normalized spacial score (nSPS) is 16.6. The van der Waals surface area contributed by atoms with Crippen LogP contribution in [0.3, 0.4) is 0 Å². The summed E-state index contributed by atoms with van der Waals surface area (Å²) in [4.78, 5) is 36.5. The molecule has 1 aliphatic rings. The first-order valence-corrected chi connectivity index (χ1v) is 8.09. The van der Waals surface area contributed by atoms with Gasteiger partial charge < -0.3 is 10.1 Å². The zero-order valence-corrected chi connectivity index (χ0v) is 14.1. The standard InChI is InChI=1S/C20H16N2O4/c1-22-19(24)16(11-21)18(23)13-7-8-15-14(9-13)10-17(26-20(15)25)12-5-3-2-4-6-12/h2-9,16-17H,10H2,1H3,(H,22,24)/t16-,17-/m0/s1. The van der Waals surface area contributed by atoms with Crippen LogP contribution in [0.25, 0.3) is 0 Å². The minimum Gasteiger partial charge on any atom is -0.454 e. The fourth-order valence-corrected chi connectivity index (χ4v) is 2.95. The molecule has 6 nitrogen and oxygen atoms in total. The maximum atomic E-state index is 12.5. The second kappa shape index (κ2) is 7.19. The molecule has 1 amide bonds. The van der Waals surface area contributed by atoms with Gasteiger partial charge in [0.1, 0.15) is 6.10 Å². The number of esters is 1. The average molecular weight is 348 g/mol. The van der Waals surface area contributed by atoms with Gasteiger partial charge in [-0.2, -0.15) is 5.26 Å². The highest BCUT2D eigenvalue weighted by Gasteiger charge is 2.31. The lowest BCUT2D eigenvalue weighted by atomic mass is 9.90. The fraction of sp³-hybridized carbons (Fsp3) is 0.200. The molecular formula is C20H16N2O4. The summed E-state index contributed by atoms with van der Waals surface area (Å²) in [6.45, 7) is 0. The van der Waals surface area contributed by atoms with E-state index in [1.54, 1.807) is 12.1 Å². The number of rotatable bonds is 4. The van der Waals surface area contributed by atoms with Gasteiger partial charge in [-0.25, -0.2) is 4.79 Å². The van der Waals surface area contributed by atoms with Crippen molar-refractivity contribution in [3.63, 3.8) is 0 Å². The average Bonchev–Trinajstić information content (AvgIpc) is 2.68. The zero-order chi connectivity index (χ0) is 18.7. The van der Waals surface area contributed by atoms with Crippen LogP contribution in [0, 0.1) is 17.2 Å². The van der Waals surface area contributed by atoms with Gasteiger partial charge in [0.05, 0.1) is 11.6 Å². The highest BCUT2D eigenvalue weighted by molar-refractivity contribution is 6.12. The van der Waals surface area contributed by atoms with Crippen LogP contribution in [0.4, 0.5) is 0 Å². The predicted octanol–water partition coefficient (Wildman–Crippen LogP) is 2.21. The lowest BCUT2D eigenvalue weighted by molar-refractivity contribution is -0.121. The Morgan fingerprint density at radius 1 is 1.23 bits per heavy atom. The molecule has 130 valence electrons. The topological polar surface area (TPSA) is 96.3 Å². The molecular weight excluding hydrogens is 332 g/mol. The van der Waals surface area contributed by atoms with Crippen molar-refractivity contribution in [1.29, 1.82) is 5.26 Å². The molecule has 2 atom stereocenters. The minimum absolute atomic E-state index is 0.223. The molecule has 0 saturated heterocycles. The Morgan fingerprint density at radius 2 is 1.96 bits per heavy atom. The number of amides is 1. The fourth-order valence-electron chi connectivity index (χ4n) is 2.95. The van der Waals surface area contributed by atoms with Crippen molar-refractivity contribution < 1.29 is 19.1 Å². The molecule has 0 saturated carbocycles. The van der Waals surface area contributed by atoms with Crippen LogP contribution in [0.1, 0.15) is 37.9 Å². The lowest BCUT2D eigenvalue weighted by Gasteiger charge is -2.25. The van der Waals surface area contributed by atoms with E-state index in [1.807, 2.05) is 30.3 Å². The molecule has 0 fully saturated rings. The van der Waals surface area contributed by atoms with Crippen molar-refractivity contribution in [2.24, 2.45) is 5.92 Å². The quantitative estimate of drug-likeness (QED) is 0.519. The number of carbonyl (C=O) groups is 3. The number of nitriles is 1. The number of ketones is 1. The second-order valence-corrected chi connectivity index (χ2v) is 5.92. The Labute approximate surface area is 150 Å². The molecule has 1 N–H and O–H groups in total. The first-order chi connectivity index (χ1) is 12.5. The van der Waals surface area contributed by atoms with Gasteiger partial charge in [0, 0.05) is 19.0 Å². The SMILES string of the molecule is CNC(=O)[C@@H](C#N)C(=O)c1ccc2c(c1)C[C@@H](c1ccccc1)OC2=O. The number of Topliss-reactive ketones (excluding diaryl/α,β-unsaturated/α-hetero) is 1. The van der Waals surface area contributed by atoms with E-state index in [1.165, 1.54) is 19.2 Å². The Bertz CT molecular complexity index is 915. The highest BCUT2D eigenvalue weighted by atomic mass is 16.5. The molecule has 0 unspecified atom stereocenters. The van der Waals surface area contributed by atoms with Crippen molar-refractivity contribution >= 4 is 17.7 Å². The molecule has 0 aromatic heterocycles. The Kier molecular flexibility index (Phi) is 4.81. The van der Waals surface area contributed by atoms with Crippen molar-refractivity contribution in [2.75, 3.05) is 7.05 Å². The summed E-state index contributed by atoms with van der Waals surface area (Å²) < 4.78 is 5.48. The van der Waals surface area contributed by atoms with E-state index in [0.717, 1.165) is 5.56 Å². The Balaban J connectivity index is 1.93. The summed E-state index contributed by atoms with van der Waals surface area (Å²) >= 11 is 0. The number of nitrogens with zero attached hydrogens (tertiary/aromatic N) is 1. The zero-order valence-electron chi connectivity index (χ0n) is 14.1. The Hall–Kier alpha value is -3.46. The summed E-state index contributed by atoms with van der Waals surface area (Å²) in [6, 6.07) is 15.6. The Morgan fingerprint density at radius 3 is 2.62 bits per heavy atom. The minimum atomic E-state index is -1.42. The predicted molar refractivity (Wildman–Crippen MR) is 92.2 cm³/mol. The smallest absolute Gasteiger partial charge is 0.339 e. The van der Waals surface area contributed by atoms with E-state index in [0.29, 0.717) is 17.5 Å². The van der Waals surface area contributed by atoms with E-state index in [4.69, 9.17) is 10.00 Å². The summed E-state index contributed by atoms with van der Waals surface area (Å²) in [5, 5.41) is 11.4. The van der Waals surface area contributed by atoms with E-state index in [2.05, 4.69) is 5.32 Å². The molecule has 26 heavy (non-hydrogen) atoms. The van der Waals surface area contributed by atoms with Crippen molar-refractivity contribution in [3.8, 4) is 6.07 Å². The van der Waals surface area contributed by atoms with Gasteiger partial charge in [-0.05, 0) is 23.3 Å². The van der Waals surface area contributed by atoms with Gasteiger partial charge in [0.25, 0.3) is 0 Å². The maximum absolute atomic E-state index is 12.5. The first kappa shape index (κ1) is 17.4. The molecule has 2 aromatic rings. The molecule has 1 heterocycles. The number of fused-ring (bicyclic) bond motifs is 1. The molecule has 1 aliphatic heterocycles. The van der Waals surface area contributed by atoms with Crippen LogP contribution in [-0.4, -0.2) is 24.7 Å². The number of carbonyl (C=O) groups excluding carboxylic acids is 3. The number of cyclic esters (lactones) is 1. The van der Waals surface area contributed by atoms with Crippen LogP contribution in [0.2, 0.25) is 0 Å². The van der Waals surface area contributed by atoms with Crippen molar-refractivity contribution in [1.82, 2.24) is 5.32 Å². The van der Waals surface area contributed by atoms with Crippen molar-refractivity contribution in [2.45, 2.75) is 12.5 Å². The number of nitrogens with one attached hydrogen (secondary N) is 1. The largest absolute Gasteiger partial charge is 0.454 e. The molecule has 6 heteroatoms. The third-order valence-corrected chi connectivity index (χ3v) is 4.34. The van der Waals surface area contributed by atoms with E-state index in [-0.39, 0.29) is 5.56 Å². The van der Waals surface area contributed by atoms with Gasteiger partial charge in [0.15, 0.2) is 11.7 Å². The molecule has 0 bridgehead atoms. The summed E-state index contributed by atoms with van der Waals surface area (Å²) in [5.74, 6) is -3.12. The monoisotopic (exact) mass is 348 g/mol. The second-order valence-electron chi connectivity index (χ2n) is 5.92. The molecule has 3 rings (SSSR count). The number of benzene rings is 2. The summed E-state index contributed by atoms with van der Waals surface area (Å²) in [5.41, 5.74) is 2.14. The molecule has 0 radical (unpaired) electrons. The summed E-state index contributed by atoms with van der Waals surface area (Å²) in [6.07, 6.45) is -0.0177. The number of hydrogen-bond donors (Lipinski definition) is 1. The molecule has 0 spiro atoms. The van der Waals surface area contributed by atoms with Gasteiger partial charge in [-0.3, -0.25) is 9.59 Å². The van der Waals surface area contributed by atoms with Gasteiger partial charge in [-0.15, -0.1) is 0 Å². The molecule has 0 aliphatic carbocycles. The third kappa shape index (κ3) is 3.20. The summed E-state index contributed by atoms with van der Waals surface area (Å²) in [7, 11) is 1.37. The number of ether oxygens (including phenoxy) is 1. The lowest BCUT2D eigenvalue weighted by Crippen LogP contribution is -2.32. The van der Waals surface area contributed by atoms with Gasteiger partial charge in [-0.1, -0.05) is 36.4 Å². The van der Waals surface area contributed by atoms with Crippen LogP contribution in [-0.2, 0) is 16.0 Å². The maximum Gasteiger partial charge on any atom is 0.339 e. The van der Waals surface area contributed by atoms with E-state index >= 15 is 0 Å². The van der Waals surface area contributed by atoms with E-state index in [9.17, 15) is 14.4 Å². The van der Waals surface area contributed by atoms with Crippen LogP contribution >= 0.6 is 0 Å². The number of hydrogen-bond acceptors (Lipinski definition) is 5.